The third kappa shape index (κ3) is 7.39. The topological polar surface area (TPSA) is 77.5 Å². The normalized spacial score (nSPS) is 22.8. The largest absolute Gasteiger partial charge is 0.383 e. The van der Waals surface area contributed by atoms with E-state index < -0.39 is 0 Å². The summed E-state index contributed by atoms with van der Waals surface area (Å²) in [5.41, 5.74) is 2.65. The van der Waals surface area contributed by atoms with E-state index in [4.69, 9.17) is 30.8 Å². The SMILES string of the molecule is COC[C@@H](C)NC1CCC(Cc2cc(-c3cccc(NCC4(OC)CCOCC4)n3)c(Cl)cn2)CC1. The van der Waals surface area contributed by atoms with E-state index >= 15 is 0 Å². The van der Waals surface area contributed by atoms with E-state index in [0.29, 0.717) is 29.6 Å². The van der Waals surface area contributed by atoms with Gasteiger partial charge in [0.05, 0.1) is 22.9 Å². The first-order valence-electron chi connectivity index (χ1n) is 13.2. The molecule has 2 fully saturated rings. The Morgan fingerprint density at radius 1 is 1.17 bits per heavy atom. The lowest BCUT2D eigenvalue weighted by atomic mass is 9.83. The maximum Gasteiger partial charge on any atom is 0.126 e. The van der Waals surface area contributed by atoms with Gasteiger partial charge in [0.25, 0.3) is 0 Å². The van der Waals surface area contributed by atoms with Crippen molar-refractivity contribution in [1.82, 2.24) is 15.3 Å². The summed E-state index contributed by atoms with van der Waals surface area (Å²) in [5, 5.41) is 7.80. The van der Waals surface area contributed by atoms with Gasteiger partial charge in [-0.15, -0.1) is 0 Å². The number of methoxy groups -OCH3 is 2. The summed E-state index contributed by atoms with van der Waals surface area (Å²) in [7, 11) is 3.54. The van der Waals surface area contributed by atoms with Crippen LogP contribution in [0.5, 0.6) is 0 Å². The molecule has 7 nitrogen and oxygen atoms in total. The molecule has 2 aromatic rings. The van der Waals surface area contributed by atoms with E-state index in [2.05, 4.69) is 28.6 Å². The highest BCUT2D eigenvalue weighted by Crippen LogP contribution is 2.31. The van der Waals surface area contributed by atoms with Gasteiger partial charge in [-0.1, -0.05) is 17.7 Å². The van der Waals surface area contributed by atoms with Gasteiger partial charge in [-0.3, -0.25) is 4.98 Å². The highest BCUT2D eigenvalue weighted by atomic mass is 35.5. The Morgan fingerprint density at radius 3 is 2.67 bits per heavy atom. The molecular weight excluding hydrogens is 476 g/mol. The molecule has 1 aliphatic carbocycles. The lowest BCUT2D eigenvalue weighted by Crippen LogP contribution is -2.44. The summed E-state index contributed by atoms with van der Waals surface area (Å²) in [6, 6.07) is 9.11. The van der Waals surface area contributed by atoms with E-state index in [1.54, 1.807) is 20.4 Å². The van der Waals surface area contributed by atoms with Crippen molar-refractivity contribution in [1.29, 1.82) is 0 Å². The first-order chi connectivity index (χ1) is 17.5. The molecule has 1 saturated carbocycles. The van der Waals surface area contributed by atoms with E-state index in [1.807, 2.05) is 18.2 Å². The summed E-state index contributed by atoms with van der Waals surface area (Å²) in [6.45, 7) is 5.09. The fourth-order valence-electron chi connectivity index (χ4n) is 5.45. The quantitative estimate of drug-likeness (QED) is 0.428. The lowest BCUT2D eigenvalue weighted by Gasteiger charge is -2.36. The van der Waals surface area contributed by atoms with Crippen molar-refractivity contribution >= 4 is 17.4 Å². The highest BCUT2D eigenvalue weighted by molar-refractivity contribution is 6.33. The Morgan fingerprint density at radius 2 is 1.94 bits per heavy atom. The summed E-state index contributed by atoms with van der Waals surface area (Å²) in [5.74, 6) is 1.46. The van der Waals surface area contributed by atoms with Crippen LogP contribution in [0.3, 0.4) is 0 Å². The van der Waals surface area contributed by atoms with Crippen LogP contribution in [0.15, 0.2) is 30.5 Å². The number of nitrogens with zero attached hydrogens (tertiary/aromatic N) is 2. The first kappa shape index (κ1) is 27.3. The summed E-state index contributed by atoms with van der Waals surface area (Å²) >= 11 is 6.59. The van der Waals surface area contributed by atoms with Crippen LogP contribution in [0.4, 0.5) is 5.82 Å². The Bertz CT molecular complexity index is 962. The maximum absolute atomic E-state index is 6.59. The molecule has 0 radical (unpaired) electrons. The van der Waals surface area contributed by atoms with Gasteiger partial charge in [0.2, 0.25) is 0 Å². The fraction of sp³-hybridized carbons (Fsp3) is 0.643. The van der Waals surface area contributed by atoms with Gasteiger partial charge in [-0.2, -0.15) is 0 Å². The first-order valence-corrected chi connectivity index (χ1v) is 13.6. The molecule has 2 aliphatic rings. The molecule has 1 atom stereocenters. The molecule has 1 aliphatic heterocycles. The van der Waals surface area contributed by atoms with Gasteiger partial charge in [0, 0.05) is 76.4 Å². The predicted octanol–water partition coefficient (Wildman–Crippen LogP) is 5.13. The molecule has 0 unspecified atom stereocenters. The highest BCUT2D eigenvalue weighted by Gasteiger charge is 2.32. The number of rotatable bonds is 11. The van der Waals surface area contributed by atoms with Crippen molar-refractivity contribution in [3.8, 4) is 11.3 Å². The molecule has 0 amide bonds. The number of pyridine rings is 2. The number of anilines is 1. The minimum absolute atomic E-state index is 0.215. The van der Waals surface area contributed by atoms with Crippen LogP contribution in [0, 0.1) is 5.92 Å². The Hall–Kier alpha value is -1.77. The second kappa shape index (κ2) is 13.2. The molecular formula is C28H41ClN4O3. The second-order valence-corrected chi connectivity index (χ2v) is 10.8. The molecule has 0 spiro atoms. The summed E-state index contributed by atoms with van der Waals surface area (Å²) in [4.78, 5) is 9.52. The standard InChI is InChI=1S/C28H41ClN4O3/c1-20(18-34-2)32-22-9-7-21(8-10-22)15-23-16-24(25(29)17-30-23)26-5-4-6-27(33-26)31-19-28(35-3)11-13-36-14-12-28/h4-6,16-17,20-22,32H,7-15,18-19H2,1-3H3,(H,31,33)/t20-,21?,22?/m1/s1. The van der Waals surface area contributed by atoms with Gasteiger partial charge in [-0.25, -0.2) is 4.98 Å². The van der Waals surface area contributed by atoms with Crippen molar-refractivity contribution in [2.75, 3.05) is 45.9 Å². The summed E-state index contributed by atoms with van der Waals surface area (Å²) < 4.78 is 16.6. The Balaban J connectivity index is 1.37. The van der Waals surface area contributed by atoms with Crippen molar-refractivity contribution < 1.29 is 14.2 Å². The molecule has 0 aromatic carbocycles. The second-order valence-electron chi connectivity index (χ2n) is 10.4. The Kier molecular flexibility index (Phi) is 9.96. The molecule has 4 rings (SSSR count). The van der Waals surface area contributed by atoms with E-state index in [1.165, 1.54) is 25.7 Å². The zero-order chi connectivity index (χ0) is 25.4. The molecule has 3 heterocycles. The maximum atomic E-state index is 6.59. The van der Waals surface area contributed by atoms with Gasteiger partial charge in [0.15, 0.2) is 0 Å². The van der Waals surface area contributed by atoms with Crippen molar-refractivity contribution in [3.05, 3.63) is 41.2 Å². The minimum Gasteiger partial charge on any atom is -0.383 e. The van der Waals surface area contributed by atoms with Crippen molar-refractivity contribution in [2.45, 2.75) is 69.6 Å². The molecule has 2 N–H and O–H groups in total. The average Bonchev–Trinajstić information content (AvgIpc) is 2.90. The smallest absolute Gasteiger partial charge is 0.126 e. The van der Waals surface area contributed by atoms with Crippen LogP contribution in [-0.4, -0.2) is 68.2 Å². The molecule has 8 heteroatoms. The van der Waals surface area contributed by atoms with Crippen LogP contribution in [0.2, 0.25) is 5.02 Å². The van der Waals surface area contributed by atoms with E-state index in [0.717, 1.165) is 61.9 Å². The molecule has 198 valence electrons. The molecule has 36 heavy (non-hydrogen) atoms. The average molecular weight is 517 g/mol. The summed E-state index contributed by atoms with van der Waals surface area (Å²) in [6.07, 6.45) is 9.31. The van der Waals surface area contributed by atoms with Gasteiger partial charge < -0.3 is 24.8 Å². The zero-order valence-corrected chi connectivity index (χ0v) is 22.7. The predicted molar refractivity (Wildman–Crippen MR) is 145 cm³/mol. The van der Waals surface area contributed by atoms with Crippen LogP contribution in [0.1, 0.15) is 51.1 Å². The molecule has 1 saturated heterocycles. The number of hydrogen-bond acceptors (Lipinski definition) is 7. The van der Waals surface area contributed by atoms with E-state index in [-0.39, 0.29) is 5.60 Å². The van der Waals surface area contributed by atoms with Crippen LogP contribution < -0.4 is 10.6 Å². The number of halogens is 1. The lowest BCUT2D eigenvalue weighted by molar-refractivity contribution is -0.0807. The van der Waals surface area contributed by atoms with Crippen LogP contribution >= 0.6 is 11.6 Å². The van der Waals surface area contributed by atoms with Crippen LogP contribution in [0.25, 0.3) is 11.3 Å². The number of ether oxygens (including phenoxy) is 3. The third-order valence-corrected chi connectivity index (χ3v) is 7.95. The Labute approximate surface area is 220 Å². The number of hydrogen-bond donors (Lipinski definition) is 2. The molecule has 0 bridgehead atoms. The monoisotopic (exact) mass is 516 g/mol. The fourth-order valence-corrected chi connectivity index (χ4v) is 5.65. The van der Waals surface area contributed by atoms with Crippen LogP contribution in [-0.2, 0) is 20.6 Å². The van der Waals surface area contributed by atoms with Crippen molar-refractivity contribution in [3.63, 3.8) is 0 Å². The van der Waals surface area contributed by atoms with E-state index in [9.17, 15) is 0 Å². The van der Waals surface area contributed by atoms with Crippen molar-refractivity contribution in [2.24, 2.45) is 5.92 Å². The van der Waals surface area contributed by atoms with Gasteiger partial charge in [0.1, 0.15) is 5.82 Å². The zero-order valence-electron chi connectivity index (χ0n) is 21.9. The van der Waals surface area contributed by atoms with Gasteiger partial charge in [-0.05, 0) is 63.1 Å². The number of aromatic nitrogens is 2. The molecule has 2 aromatic heterocycles. The number of nitrogens with one attached hydrogen (secondary N) is 2. The third-order valence-electron chi connectivity index (χ3n) is 7.65. The minimum atomic E-state index is -0.215. The van der Waals surface area contributed by atoms with Gasteiger partial charge >= 0.3 is 0 Å².